The van der Waals surface area contributed by atoms with Crippen LogP contribution in [0.5, 0.6) is 0 Å². The first-order valence-corrected chi connectivity index (χ1v) is 15.5. The van der Waals surface area contributed by atoms with E-state index in [1.807, 2.05) is 44.2 Å². The number of hydrogen-bond acceptors (Lipinski definition) is 7. The molecule has 2 saturated heterocycles. The van der Waals surface area contributed by atoms with Crippen molar-refractivity contribution in [2.45, 2.75) is 64.6 Å². The molecule has 10 nitrogen and oxygen atoms in total. The van der Waals surface area contributed by atoms with E-state index in [9.17, 15) is 18.8 Å². The standard InChI is InChI=1S/C32H42FN5O5.C2H6/c1-31(2,34)29(40)36-26(20-43-19-22-9-6-5-7-10-22)28(39)37-16-8-15-32(21-37)25(23-11-13-24(33)14-12-23)17-38(30(32)41)18-27(35-3)42-4;1-2/h5-7,9-14,25-26H,8,15-21,34H2,1-4H3,(H,36,40);1-2H3/t25?,26-,32?;/m1./s1. The highest BCUT2D eigenvalue weighted by molar-refractivity contribution is 5.94. The van der Waals surface area contributed by atoms with Crippen molar-refractivity contribution in [3.63, 3.8) is 0 Å². The molecular weight excluding hydrogens is 577 g/mol. The highest BCUT2D eigenvalue weighted by atomic mass is 19.1. The van der Waals surface area contributed by atoms with Crippen LogP contribution < -0.4 is 11.1 Å². The first-order chi connectivity index (χ1) is 21.5. The maximum atomic E-state index is 14.2. The molecule has 246 valence electrons. The van der Waals surface area contributed by atoms with Crippen molar-refractivity contribution in [1.82, 2.24) is 15.1 Å². The molecular formula is C34H48FN5O5. The van der Waals surface area contributed by atoms with Gasteiger partial charge in [-0.3, -0.25) is 19.4 Å². The zero-order valence-electron chi connectivity index (χ0n) is 27.3. The van der Waals surface area contributed by atoms with E-state index in [2.05, 4.69) is 10.3 Å². The molecule has 2 aromatic rings. The van der Waals surface area contributed by atoms with Crippen molar-refractivity contribution in [3.05, 3.63) is 71.5 Å². The van der Waals surface area contributed by atoms with Crippen LogP contribution in [0.2, 0.25) is 0 Å². The highest BCUT2D eigenvalue weighted by Crippen LogP contribution is 2.49. The van der Waals surface area contributed by atoms with Gasteiger partial charge in [-0.25, -0.2) is 4.39 Å². The van der Waals surface area contributed by atoms with Gasteiger partial charge in [0, 0.05) is 32.6 Å². The number of benzene rings is 2. The zero-order chi connectivity index (χ0) is 33.2. The molecule has 2 aliphatic rings. The number of amides is 3. The van der Waals surface area contributed by atoms with Gasteiger partial charge in [-0.2, -0.15) is 0 Å². The Kier molecular flexibility index (Phi) is 12.6. The molecule has 2 heterocycles. The fourth-order valence-corrected chi connectivity index (χ4v) is 5.93. The summed E-state index contributed by atoms with van der Waals surface area (Å²) in [6.07, 6.45) is 1.13. The first kappa shape index (κ1) is 35.6. The number of piperidine rings is 1. The molecule has 2 fully saturated rings. The quantitative estimate of drug-likeness (QED) is 0.308. The number of carbonyl (C=O) groups excluding carboxylic acids is 3. The Hall–Kier alpha value is -3.83. The molecule has 2 aliphatic heterocycles. The van der Waals surface area contributed by atoms with Crippen LogP contribution in [0, 0.1) is 11.2 Å². The SMILES string of the molecule is CC.CN=C(CN1CC(c2ccc(F)cc2)C2(CCCN(C(=O)[C@@H](COCc3ccccc3)NC(=O)C(C)(C)N)C2)C1=O)OC. The van der Waals surface area contributed by atoms with Gasteiger partial charge in [0.25, 0.3) is 0 Å². The van der Waals surface area contributed by atoms with E-state index >= 15 is 0 Å². The Bertz CT molecular complexity index is 1310. The van der Waals surface area contributed by atoms with E-state index in [0.717, 1.165) is 11.1 Å². The van der Waals surface area contributed by atoms with Gasteiger partial charge >= 0.3 is 0 Å². The van der Waals surface area contributed by atoms with Crippen LogP contribution >= 0.6 is 0 Å². The Labute approximate surface area is 266 Å². The lowest BCUT2D eigenvalue weighted by molar-refractivity contribution is -0.147. The summed E-state index contributed by atoms with van der Waals surface area (Å²) in [5, 5.41) is 2.78. The van der Waals surface area contributed by atoms with Gasteiger partial charge in [-0.1, -0.05) is 56.3 Å². The molecule has 0 radical (unpaired) electrons. The number of nitrogens with two attached hydrogens (primary N) is 1. The van der Waals surface area contributed by atoms with Crippen molar-refractivity contribution in [2.75, 3.05) is 46.9 Å². The Morgan fingerprint density at radius 3 is 2.42 bits per heavy atom. The lowest BCUT2D eigenvalue weighted by Gasteiger charge is -2.43. The number of nitrogens with one attached hydrogen (secondary N) is 1. The molecule has 1 spiro atoms. The normalized spacial score (nSPS) is 20.8. The predicted octanol–water partition coefficient (Wildman–Crippen LogP) is 3.50. The van der Waals surface area contributed by atoms with Gasteiger partial charge < -0.3 is 30.3 Å². The van der Waals surface area contributed by atoms with Crippen molar-refractivity contribution in [1.29, 1.82) is 0 Å². The number of likely N-dealkylation sites (tertiary alicyclic amines) is 2. The third-order valence-electron chi connectivity index (χ3n) is 8.29. The van der Waals surface area contributed by atoms with E-state index in [-0.39, 0.29) is 49.9 Å². The maximum Gasteiger partial charge on any atom is 0.247 e. The summed E-state index contributed by atoms with van der Waals surface area (Å²) in [5.41, 5.74) is 5.63. The molecule has 3 N–H and O–H groups in total. The summed E-state index contributed by atoms with van der Waals surface area (Å²) in [4.78, 5) is 48.6. The van der Waals surface area contributed by atoms with Gasteiger partial charge in [0.1, 0.15) is 11.9 Å². The summed E-state index contributed by atoms with van der Waals surface area (Å²) >= 11 is 0. The lowest BCUT2D eigenvalue weighted by atomic mass is 9.69. The third kappa shape index (κ3) is 8.67. The molecule has 3 amide bonds. The molecule has 0 bridgehead atoms. The molecule has 0 aromatic heterocycles. The van der Waals surface area contributed by atoms with Gasteiger partial charge in [0.15, 0.2) is 0 Å². The van der Waals surface area contributed by atoms with Gasteiger partial charge in [-0.05, 0) is 49.9 Å². The highest BCUT2D eigenvalue weighted by Gasteiger charge is 2.57. The second kappa shape index (κ2) is 15.9. The second-order valence-electron chi connectivity index (χ2n) is 11.9. The number of nitrogens with zero attached hydrogens (tertiary/aromatic N) is 3. The number of methoxy groups -OCH3 is 1. The van der Waals surface area contributed by atoms with Gasteiger partial charge in [0.05, 0.1) is 37.8 Å². The minimum atomic E-state index is -1.21. The molecule has 4 rings (SSSR count). The second-order valence-corrected chi connectivity index (χ2v) is 11.9. The van der Waals surface area contributed by atoms with Crippen LogP contribution in [-0.4, -0.2) is 91.9 Å². The van der Waals surface area contributed by atoms with Crippen LogP contribution in [-0.2, 0) is 30.5 Å². The largest absolute Gasteiger partial charge is 0.483 e. The van der Waals surface area contributed by atoms with E-state index in [4.69, 9.17) is 15.2 Å². The molecule has 45 heavy (non-hydrogen) atoms. The van der Waals surface area contributed by atoms with Crippen molar-refractivity contribution >= 4 is 23.6 Å². The fourth-order valence-electron chi connectivity index (χ4n) is 5.93. The Balaban J connectivity index is 0.00000271. The smallest absolute Gasteiger partial charge is 0.247 e. The fraction of sp³-hybridized carbons (Fsp3) is 0.529. The number of rotatable bonds is 10. The van der Waals surface area contributed by atoms with Crippen LogP contribution in [0.25, 0.3) is 0 Å². The summed E-state index contributed by atoms with van der Waals surface area (Å²) in [7, 11) is 3.11. The topological polar surface area (TPSA) is 127 Å². The summed E-state index contributed by atoms with van der Waals surface area (Å²) in [5.74, 6) is -1.19. The lowest BCUT2D eigenvalue weighted by Crippen LogP contribution is -2.60. The van der Waals surface area contributed by atoms with E-state index in [1.54, 1.807) is 42.8 Å². The zero-order valence-corrected chi connectivity index (χ0v) is 27.3. The monoisotopic (exact) mass is 625 g/mol. The van der Waals surface area contributed by atoms with Crippen LogP contribution in [0.1, 0.15) is 57.6 Å². The number of hydrogen-bond donors (Lipinski definition) is 2. The average Bonchev–Trinajstić information content (AvgIpc) is 3.29. The van der Waals surface area contributed by atoms with Crippen molar-refractivity contribution < 1.29 is 28.2 Å². The van der Waals surface area contributed by atoms with Crippen molar-refractivity contribution in [3.8, 4) is 0 Å². The number of carbonyl (C=O) groups is 3. The average molecular weight is 626 g/mol. The molecule has 0 saturated carbocycles. The summed E-state index contributed by atoms with van der Waals surface area (Å²) in [6.45, 7) is 8.46. The number of aliphatic imine (C=N–C) groups is 1. The van der Waals surface area contributed by atoms with E-state index < -0.39 is 22.9 Å². The third-order valence-corrected chi connectivity index (χ3v) is 8.29. The van der Waals surface area contributed by atoms with Crippen LogP contribution in [0.3, 0.4) is 0 Å². The van der Waals surface area contributed by atoms with Crippen LogP contribution in [0.15, 0.2) is 59.6 Å². The Morgan fingerprint density at radius 2 is 1.82 bits per heavy atom. The molecule has 11 heteroatoms. The molecule has 2 unspecified atom stereocenters. The van der Waals surface area contributed by atoms with E-state index in [1.165, 1.54) is 19.2 Å². The minimum Gasteiger partial charge on any atom is -0.483 e. The van der Waals surface area contributed by atoms with Gasteiger partial charge in [-0.15, -0.1) is 0 Å². The van der Waals surface area contributed by atoms with Crippen molar-refractivity contribution in [2.24, 2.45) is 16.1 Å². The first-order valence-electron chi connectivity index (χ1n) is 15.5. The van der Waals surface area contributed by atoms with Gasteiger partial charge in [0.2, 0.25) is 23.6 Å². The predicted molar refractivity (Wildman–Crippen MR) is 172 cm³/mol. The molecule has 2 aromatic carbocycles. The molecule has 0 aliphatic carbocycles. The van der Waals surface area contributed by atoms with E-state index in [0.29, 0.717) is 31.8 Å². The number of halogens is 1. The summed E-state index contributed by atoms with van der Waals surface area (Å²) < 4.78 is 25.1. The Morgan fingerprint density at radius 1 is 1.16 bits per heavy atom. The maximum absolute atomic E-state index is 14.2. The summed E-state index contributed by atoms with van der Waals surface area (Å²) in [6, 6.07) is 14.7. The molecule has 3 atom stereocenters. The minimum absolute atomic E-state index is 0.0648. The van der Waals surface area contributed by atoms with Crippen LogP contribution in [0.4, 0.5) is 4.39 Å². The number of ether oxygens (including phenoxy) is 2.